The van der Waals surface area contributed by atoms with Crippen LogP contribution >= 0.6 is 0 Å². The lowest BCUT2D eigenvalue weighted by atomic mass is 9.91. The molecule has 1 aromatic carbocycles. The van der Waals surface area contributed by atoms with Crippen molar-refractivity contribution < 1.29 is 14.3 Å². The molecule has 84 valence electrons. The third-order valence-corrected chi connectivity index (χ3v) is 3.15. The van der Waals surface area contributed by atoms with Crippen LogP contribution in [0.2, 0.25) is 0 Å². The molecule has 2 aliphatic rings. The fourth-order valence-corrected chi connectivity index (χ4v) is 2.18. The zero-order chi connectivity index (χ0) is 11.0. The van der Waals surface area contributed by atoms with E-state index < -0.39 is 5.60 Å². The molecule has 1 amide bonds. The van der Waals surface area contributed by atoms with E-state index in [1.54, 1.807) is 0 Å². The standard InChI is InChI=1S/C12H13NO3/c14-11-12(5-7-15-8-6-12)16-10-4-2-1-3-9(10)13-11/h1-4H,5-8H2,(H,13,14). The number of hydrogen-bond donors (Lipinski definition) is 1. The topological polar surface area (TPSA) is 47.6 Å². The Morgan fingerprint density at radius 3 is 2.75 bits per heavy atom. The van der Waals surface area contributed by atoms with E-state index in [1.165, 1.54) is 0 Å². The number of para-hydroxylation sites is 2. The number of amides is 1. The Labute approximate surface area is 93.5 Å². The van der Waals surface area contributed by atoms with Gasteiger partial charge in [0.05, 0.1) is 18.9 Å². The summed E-state index contributed by atoms with van der Waals surface area (Å²) in [7, 11) is 0. The monoisotopic (exact) mass is 219 g/mol. The molecule has 0 bridgehead atoms. The van der Waals surface area contributed by atoms with Crippen LogP contribution in [0, 0.1) is 0 Å². The van der Waals surface area contributed by atoms with Crippen LogP contribution in [0.5, 0.6) is 5.75 Å². The second kappa shape index (κ2) is 3.49. The highest BCUT2D eigenvalue weighted by molar-refractivity contribution is 6.00. The summed E-state index contributed by atoms with van der Waals surface area (Å²) in [5.74, 6) is 0.707. The van der Waals surface area contributed by atoms with Gasteiger partial charge in [-0.05, 0) is 12.1 Å². The number of anilines is 1. The predicted molar refractivity (Wildman–Crippen MR) is 58.5 cm³/mol. The SMILES string of the molecule is O=C1Nc2ccccc2OC12CCOCC2. The minimum absolute atomic E-state index is 0.0468. The van der Waals surface area contributed by atoms with E-state index in [4.69, 9.17) is 9.47 Å². The minimum Gasteiger partial charge on any atom is -0.475 e. The molecule has 1 spiro atoms. The molecule has 0 unspecified atom stereocenters. The van der Waals surface area contributed by atoms with E-state index in [9.17, 15) is 4.79 Å². The van der Waals surface area contributed by atoms with E-state index in [0.717, 1.165) is 11.4 Å². The van der Waals surface area contributed by atoms with Crippen LogP contribution in [0.3, 0.4) is 0 Å². The van der Waals surface area contributed by atoms with Gasteiger partial charge in [-0.1, -0.05) is 12.1 Å². The third kappa shape index (κ3) is 1.38. The number of nitrogens with one attached hydrogen (secondary N) is 1. The Balaban J connectivity index is 1.97. The van der Waals surface area contributed by atoms with E-state index in [1.807, 2.05) is 24.3 Å². The number of hydrogen-bond acceptors (Lipinski definition) is 3. The highest BCUT2D eigenvalue weighted by Crippen LogP contribution is 2.37. The van der Waals surface area contributed by atoms with E-state index >= 15 is 0 Å². The van der Waals surface area contributed by atoms with Crippen LogP contribution in [0.25, 0.3) is 0 Å². The van der Waals surface area contributed by atoms with E-state index in [-0.39, 0.29) is 5.91 Å². The van der Waals surface area contributed by atoms with Crippen LogP contribution in [0.1, 0.15) is 12.8 Å². The number of rotatable bonds is 0. The number of carbonyl (C=O) groups is 1. The van der Waals surface area contributed by atoms with E-state index in [0.29, 0.717) is 26.1 Å². The molecule has 4 heteroatoms. The Morgan fingerprint density at radius 1 is 1.19 bits per heavy atom. The van der Waals surface area contributed by atoms with Gasteiger partial charge in [0.2, 0.25) is 0 Å². The molecule has 2 aliphatic heterocycles. The van der Waals surface area contributed by atoms with Crippen LogP contribution in [0.4, 0.5) is 5.69 Å². The molecule has 0 atom stereocenters. The molecule has 1 saturated heterocycles. The van der Waals surface area contributed by atoms with Crippen LogP contribution in [-0.4, -0.2) is 24.7 Å². The average Bonchev–Trinajstić information content (AvgIpc) is 2.32. The smallest absolute Gasteiger partial charge is 0.268 e. The van der Waals surface area contributed by atoms with Crippen LogP contribution in [-0.2, 0) is 9.53 Å². The summed E-state index contributed by atoms with van der Waals surface area (Å²) >= 11 is 0. The van der Waals surface area contributed by atoms with Gasteiger partial charge >= 0.3 is 0 Å². The second-order valence-electron chi connectivity index (χ2n) is 4.16. The van der Waals surface area contributed by atoms with Gasteiger partial charge in [-0.2, -0.15) is 0 Å². The normalized spacial score (nSPS) is 22.1. The predicted octanol–water partition coefficient (Wildman–Crippen LogP) is 1.57. The van der Waals surface area contributed by atoms with Gasteiger partial charge in [0, 0.05) is 12.8 Å². The van der Waals surface area contributed by atoms with Crippen LogP contribution in [0.15, 0.2) is 24.3 Å². The molecule has 1 aromatic rings. The lowest BCUT2D eigenvalue weighted by Gasteiger charge is -2.39. The zero-order valence-electron chi connectivity index (χ0n) is 8.86. The molecule has 16 heavy (non-hydrogen) atoms. The summed E-state index contributed by atoms with van der Waals surface area (Å²) in [6, 6.07) is 7.51. The average molecular weight is 219 g/mol. The Morgan fingerprint density at radius 2 is 1.94 bits per heavy atom. The van der Waals surface area contributed by atoms with Crippen molar-refractivity contribution in [3.05, 3.63) is 24.3 Å². The molecule has 4 nitrogen and oxygen atoms in total. The van der Waals surface area contributed by atoms with Gasteiger partial charge in [-0.3, -0.25) is 4.79 Å². The highest BCUT2D eigenvalue weighted by Gasteiger charge is 2.45. The molecular weight excluding hydrogens is 206 g/mol. The largest absolute Gasteiger partial charge is 0.475 e. The Bertz CT molecular complexity index is 424. The van der Waals surface area contributed by atoms with Gasteiger partial charge < -0.3 is 14.8 Å². The van der Waals surface area contributed by atoms with Gasteiger partial charge in [0.25, 0.3) is 5.91 Å². The van der Waals surface area contributed by atoms with Crippen molar-refractivity contribution in [2.24, 2.45) is 0 Å². The number of carbonyl (C=O) groups excluding carboxylic acids is 1. The molecule has 0 aromatic heterocycles. The number of fused-ring (bicyclic) bond motifs is 1. The first-order valence-electron chi connectivity index (χ1n) is 5.47. The minimum atomic E-state index is -0.716. The zero-order valence-corrected chi connectivity index (χ0v) is 8.86. The summed E-state index contributed by atoms with van der Waals surface area (Å²) in [6.07, 6.45) is 1.24. The first-order chi connectivity index (χ1) is 7.80. The van der Waals surface area contributed by atoms with Crippen molar-refractivity contribution in [2.75, 3.05) is 18.5 Å². The van der Waals surface area contributed by atoms with Crippen molar-refractivity contribution in [1.82, 2.24) is 0 Å². The van der Waals surface area contributed by atoms with Crippen molar-refractivity contribution in [3.8, 4) is 5.75 Å². The van der Waals surface area contributed by atoms with Crippen molar-refractivity contribution >= 4 is 11.6 Å². The summed E-state index contributed by atoms with van der Waals surface area (Å²) in [5.41, 5.74) is 0.0386. The maximum atomic E-state index is 12.0. The number of ether oxygens (including phenoxy) is 2. The molecule has 1 N–H and O–H groups in total. The fraction of sp³-hybridized carbons (Fsp3) is 0.417. The first-order valence-corrected chi connectivity index (χ1v) is 5.47. The Hall–Kier alpha value is -1.55. The van der Waals surface area contributed by atoms with Gasteiger partial charge in [-0.15, -0.1) is 0 Å². The summed E-state index contributed by atoms with van der Waals surface area (Å²) < 4.78 is 11.2. The maximum absolute atomic E-state index is 12.0. The summed E-state index contributed by atoms with van der Waals surface area (Å²) in [5, 5.41) is 2.90. The molecule has 0 saturated carbocycles. The Kier molecular flexibility index (Phi) is 2.11. The van der Waals surface area contributed by atoms with Crippen molar-refractivity contribution in [1.29, 1.82) is 0 Å². The van der Waals surface area contributed by atoms with E-state index in [2.05, 4.69) is 5.32 Å². The van der Waals surface area contributed by atoms with Crippen LogP contribution < -0.4 is 10.1 Å². The van der Waals surface area contributed by atoms with Gasteiger partial charge in [0.15, 0.2) is 5.60 Å². The second-order valence-corrected chi connectivity index (χ2v) is 4.16. The third-order valence-electron chi connectivity index (χ3n) is 3.15. The van der Waals surface area contributed by atoms with Crippen molar-refractivity contribution in [2.45, 2.75) is 18.4 Å². The summed E-state index contributed by atoms with van der Waals surface area (Å²) in [6.45, 7) is 1.16. The molecule has 2 heterocycles. The molecule has 0 radical (unpaired) electrons. The summed E-state index contributed by atoms with van der Waals surface area (Å²) in [4.78, 5) is 12.0. The lowest BCUT2D eigenvalue weighted by molar-refractivity contribution is -0.140. The van der Waals surface area contributed by atoms with Gasteiger partial charge in [-0.25, -0.2) is 0 Å². The maximum Gasteiger partial charge on any atom is 0.268 e. The fourth-order valence-electron chi connectivity index (χ4n) is 2.18. The quantitative estimate of drug-likeness (QED) is 0.720. The van der Waals surface area contributed by atoms with Crippen molar-refractivity contribution in [3.63, 3.8) is 0 Å². The number of benzene rings is 1. The molecule has 1 fully saturated rings. The molecule has 0 aliphatic carbocycles. The first kappa shape index (κ1) is 9.66. The highest BCUT2D eigenvalue weighted by atomic mass is 16.5. The molecule has 3 rings (SSSR count). The molecular formula is C12H13NO3. The lowest BCUT2D eigenvalue weighted by Crippen LogP contribution is -2.54. The van der Waals surface area contributed by atoms with Gasteiger partial charge in [0.1, 0.15) is 5.75 Å².